The van der Waals surface area contributed by atoms with E-state index >= 15 is 0 Å². The van der Waals surface area contributed by atoms with Crippen molar-refractivity contribution in [3.05, 3.63) is 54.7 Å². The summed E-state index contributed by atoms with van der Waals surface area (Å²) in [6.45, 7) is 0. The molecule has 8 heteroatoms. The van der Waals surface area contributed by atoms with Crippen LogP contribution in [-0.4, -0.2) is 16.0 Å². The van der Waals surface area contributed by atoms with Crippen LogP contribution in [0.1, 0.15) is 15.2 Å². The van der Waals surface area contributed by atoms with Crippen molar-refractivity contribution < 1.29 is 14.8 Å². The van der Waals surface area contributed by atoms with Crippen molar-refractivity contribution >= 4 is 50.7 Å². The number of hydrogen-bond donors (Lipinski definition) is 1. The van der Waals surface area contributed by atoms with Gasteiger partial charge in [0, 0.05) is 22.1 Å². The molecule has 0 saturated carbocycles. The van der Waals surface area contributed by atoms with Crippen LogP contribution < -0.4 is 0 Å². The molecular weight excluding hydrogens is 366 g/mol. The number of thioether (sulfide) groups is 1. The van der Waals surface area contributed by atoms with Crippen molar-refractivity contribution in [1.82, 2.24) is 0 Å². The maximum absolute atomic E-state index is 10.8. The number of nitro groups is 1. The summed E-state index contributed by atoms with van der Waals surface area (Å²) in [5.41, 5.74) is 0.826. The first kappa shape index (κ1) is 15.0. The Morgan fingerprint density at radius 1 is 1.50 bits per heavy atom. The third kappa shape index (κ3) is 3.38. The lowest BCUT2D eigenvalue weighted by molar-refractivity contribution is -0.385. The average molecular weight is 374 g/mol. The lowest BCUT2D eigenvalue weighted by atomic mass is 10.2. The van der Waals surface area contributed by atoms with Gasteiger partial charge in [0.15, 0.2) is 0 Å². The predicted molar refractivity (Wildman–Crippen MR) is 81.6 cm³/mol. The molecule has 20 heavy (non-hydrogen) atoms. The number of nitro benzene ring substituents is 1. The minimum Gasteiger partial charge on any atom is -0.477 e. The van der Waals surface area contributed by atoms with Gasteiger partial charge in [0.2, 0.25) is 0 Å². The van der Waals surface area contributed by atoms with Gasteiger partial charge in [-0.2, -0.15) is 0 Å². The van der Waals surface area contributed by atoms with E-state index in [1.807, 2.05) is 0 Å². The normalized spacial score (nSPS) is 10.4. The van der Waals surface area contributed by atoms with Crippen molar-refractivity contribution in [2.24, 2.45) is 0 Å². The molecule has 0 spiro atoms. The fourth-order valence-corrected chi connectivity index (χ4v) is 4.08. The van der Waals surface area contributed by atoms with E-state index < -0.39 is 10.9 Å². The van der Waals surface area contributed by atoms with Gasteiger partial charge in [-0.1, -0.05) is 12.1 Å². The molecule has 2 aromatic rings. The Bertz CT molecular complexity index is 671. The van der Waals surface area contributed by atoms with E-state index in [-0.39, 0.29) is 10.6 Å². The summed E-state index contributed by atoms with van der Waals surface area (Å²) in [6, 6.07) is 6.47. The molecule has 0 aliphatic rings. The molecule has 5 nitrogen and oxygen atoms in total. The Morgan fingerprint density at radius 3 is 2.85 bits per heavy atom. The fourth-order valence-electron chi connectivity index (χ4n) is 1.49. The van der Waals surface area contributed by atoms with Crippen LogP contribution in [0.2, 0.25) is 0 Å². The largest absolute Gasteiger partial charge is 0.477 e. The third-order valence-electron chi connectivity index (χ3n) is 2.44. The molecule has 0 amide bonds. The first-order valence-electron chi connectivity index (χ1n) is 5.35. The molecule has 0 atom stereocenters. The van der Waals surface area contributed by atoms with Crippen LogP contribution in [0.25, 0.3) is 0 Å². The summed E-state index contributed by atoms with van der Waals surface area (Å²) < 4.78 is 0.464. The van der Waals surface area contributed by atoms with Crippen LogP contribution in [0.15, 0.2) is 39.0 Å². The van der Waals surface area contributed by atoms with Gasteiger partial charge in [-0.15, -0.1) is 23.1 Å². The summed E-state index contributed by atoms with van der Waals surface area (Å²) in [6.07, 6.45) is 0. The van der Waals surface area contributed by atoms with Crippen molar-refractivity contribution in [1.29, 1.82) is 0 Å². The minimum atomic E-state index is -0.946. The Balaban J connectivity index is 2.12. The molecule has 1 N–H and O–H groups in total. The molecule has 0 aliphatic heterocycles. The van der Waals surface area contributed by atoms with Gasteiger partial charge in [-0.05, 0) is 27.6 Å². The highest BCUT2D eigenvalue weighted by Gasteiger charge is 2.15. The highest BCUT2D eigenvalue weighted by molar-refractivity contribution is 9.10. The van der Waals surface area contributed by atoms with Gasteiger partial charge < -0.3 is 5.11 Å². The number of aromatic carboxylic acids is 1. The molecular formula is C12H8BrNO4S2. The van der Waals surface area contributed by atoms with Crippen LogP contribution in [0.3, 0.4) is 0 Å². The number of thiophene rings is 1. The maximum Gasteiger partial charge on any atom is 0.345 e. The lowest BCUT2D eigenvalue weighted by Crippen LogP contribution is -1.92. The van der Waals surface area contributed by atoms with E-state index in [1.54, 1.807) is 23.6 Å². The summed E-state index contributed by atoms with van der Waals surface area (Å²) >= 11 is 5.84. The molecule has 0 aliphatic carbocycles. The van der Waals surface area contributed by atoms with E-state index in [9.17, 15) is 14.9 Å². The number of carboxylic acid groups (broad SMARTS) is 1. The zero-order valence-electron chi connectivity index (χ0n) is 9.91. The summed E-state index contributed by atoms with van der Waals surface area (Å²) in [4.78, 5) is 22.3. The smallest absolute Gasteiger partial charge is 0.345 e. The molecule has 1 aromatic carbocycles. The average Bonchev–Trinajstić information content (AvgIpc) is 2.86. The van der Waals surface area contributed by atoms with Gasteiger partial charge in [0.1, 0.15) is 4.88 Å². The lowest BCUT2D eigenvalue weighted by Gasteiger charge is -2.03. The van der Waals surface area contributed by atoms with Crippen molar-refractivity contribution in [2.75, 3.05) is 0 Å². The second-order valence-electron chi connectivity index (χ2n) is 3.75. The standard InChI is InChI=1S/C12H8BrNO4S2/c13-11-7(2-1-3-9(11)14(17)18)5-19-8-4-10(12(15)16)20-6-8/h1-4,6H,5H2,(H,15,16). The van der Waals surface area contributed by atoms with E-state index in [0.717, 1.165) is 21.8 Å². The second kappa shape index (κ2) is 6.38. The molecule has 1 aromatic heterocycles. The van der Waals surface area contributed by atoms with Crippen LogP contribution in [0.4, 0.5) is 5.69 Å². The van der Waals surface area contributed by atoms with Crippen molar-refractivity contribution in [3.8, 4) is 0 Å². The number of hydrogen-bond acceptors (Lipinski definition) is 5. The Hall–Kier alpha value is -1.38. The molecule has 0 radical (unpaired) electrons. The Morgan fingerprint density at radius 2 is 2.25 bits per heavy atom. The number of carboxylic acids is 1. The maximum atomic E-state index is 10.8. The summed E-state index contributed by atoms with van der Waals surface area (Å²) in [5.74, 6) is -0.420. The van der Waals surface area contributed by atoms with Crippen LogP contribution >= 0.6 is 39.0 Å². The van der Waals surface area contributed by atoms with Crippen LogP contribution in [0.5, 0.6) is 0 Å². The zero-order chi connectivity index (χ0) is 14.7. The van der Waals surface area contributed by atoms with Gasteiger partial charge in [0.25, 0.3) is 5.69 Å². The van der Waals surface area contributed by atoms with E-state index in [1.165, 1.54) is 17.8 Å². The molecule has 0 unspecified atom stereocenters. The van der Waals surface area contributed by atoms with Crippen LogP contribution in [0, 0.1) is 10.1 Å². The number of carbonyl (C=O) groups is 1. The Labute approximate surface area is 130 Å². The van der Waals surface area contributed by atoms with E-state index in [2.05, 4.69) is 15.9 Å². The molecule has 0 fully saturated rings. The van der Waals surface area contributed by atoms with E-state index in [4.69, 9.17) is 5.11 Å². The molecule has 1 heterocycles. The first-order valence-corrected chi connectivity index (χ1v) is 8.01. The SMILES string of the molecule is O=C(O)c1cc(SCc2cccc([N+](=O)[O-])c2Br)cs1. The number of rotatable bonds is 5. The highest BCUT2D eigenvalue weighted by atomic mass is 79.9. The third-order valence-corrected chi connectivity index (χ3v) is 5.44. The summed E-state index contributed by atoms with van der Waals surface area (Å²) in [7, 11) is 0. The van der Waals surface area contributed by atoms with Gasteiger partial charge in [0.05, 0.1) is 9.40 Å². The van der Waals surface area contributed by atoms with Gasteiger partial charge in [-0.3, -0.25) is 10.1 Å². The number of nitrogens with zero attached hydrogens (tertiary/aromatic N) is 1. The second-order valence-corrected chi connectivity index (χ2v) is 6.50. The fraction of sp³-hybridized carbons (Fsp3) is 0.0833. The Kier molecular flexibility index (Phi) is 4.79. The number of benzene rings is 1. The topological polar surface area (TPSA) is 80.4 Å². The monoisotopic (exact) mass is 373 g/mol. The van der Waals surface area contributed by atoms with Crippen molar-refractivity contribution in [2.45, 2.75) is 10.6 Å². The summed E-state index contributed by atoms with van der Waals surface area (Å²) in [5, 5.41) is 21.4. The minimum absolute atomic E-state index is 0.0274. The van der Waals surface area contributed by atoms with Gasteiger partial charge in [-0.25, -0.2) is 4.79 Å². The van der Waals surface area contributed by atoms with Gasteiger partial charge >= 0.3 is 5.97 Å². The molecule has 104 valence electrons. The predicted octanol–water partition coefficient (Wildman–Crippen LogP) is 4.41. The molecule has 0 saturated heterocycles. The van der Waals surface area contributed by atoms with Crippen molar-refractivity contribution in [3.63, 3.8) is 0 Å². The first-order chi connectivity index (χ1) is 9.49. The quantitative estimate of drug-likeness (QED) is 0.476. The molecule has 2 rings (SSSR count). The number of halogens is 1. The van der Waals surface area contributed by atoms with E-state index in [0.29, 0.717) is 10.2 Å². The zero-order valence-corrected chi connectivity index (χ0v) is 13.1. The molecule has 0 bridgehead atoms. The van der Waals surface area contributed by atoms with Crippen LogP contribution in [-0.2, 0) is 5.75 Å². The highest BCUT2D eigenvalue weighted by Crippen LogP contribution is 2.34.